The van der Waals surface area contributed by atoms with Crippen LogP contribution in [0.2, 0.25) is 0 Å². The summed E-state index contributed by atoms with van der Waals surface area (Å²) in [7, 11) is 1.52. The third-order valence-corrected chi connectivity index (χ3v) is 2.43. The van der Waals surface area contributed by atoms with Crippen LogP contribution in [-0.2, 0) is 9.53 Å². The third kappa shape index (κ3) is 2.67. The van der Waals surface area contributed by atoms with Crippen molar-refractivity contribution in [2.75, 3.05) is 26.9 Å². The molecular formula is C9H17NO3. The maximum Gasteiger partial charge on any atom is 0.248 e. The Morgan fingerprint density at radius 3 is 3.08 bits per heavy atom. The number of ether oxygens (including phenoxy) is 1. The van der Waals surface area contributed by atoms with Crippen molar-refractivity contribution in [1.29, 1.82) is 0 Å². The lowest BCUT2D eigenvalue weighted by Crippen LogP contribution is -2.38. The number of carbonyl (C=O) groups is 1. The minimum atomic E-state index is 0.0402. The molecule has 0 spiro atoms. The van der Waals surface area contributed by atoms with Crippen LogP contribution in [0, 0.1) is 0 Å². The number of hydrogen-bond donors (Lipinski definition) is 1. The Morgan fingerprint density at radius 1 is 1.69 bits per heavy atom. The second-order valence-corrected chi connectivity index (χ2v) is 3.33. The van der Waals surface area contributed by atoms with E-state index in [1.54, 1.807) is 0 Å². The van der Waals surface area contributed by atoms with Gasteiger partial charge in [-0.3, -0.25) is 4.79 Å². The van der Waals surface area contributed by atoms with E-state index in [-0.39, 0.29) is 25.2 Å². The van der Waals surface area contributed by atoms with Crippen molar-refractivity contribution in [3.63, 3.8) is 0 Å². The summed E-state index contributed by atoms with van der Waals surface area (Å²) in [5.74, 6) is 0.0402. The Bertz CT molecular complexity index is 172. The summed E-state index contributed by atoms with van der Waals surface area (Å²) in [6, 6.07) is 0.229. The number of likely N-dealkylation sites (tertiary alicyclic amines) is 1. The molecule has 1 atom stereocenters. The molecule has 1 rings (SSSR count). The second kappa shape index (κ2) is 5.19. The summed E-state index contributed by atoms with van der Waals surface area (Å²) >= 11 is 0. The van der Waals surface area contributed by atoms with Gasteiger partial charge in [-0.05, 0) is 19.3 Å². The molecule has 76 valence electrons. The van der Waals surface area contributed by atoms with E-state index in [1.165, 1.54) is 7.11 Å². The van der Waals surface area contributed by atoms with Gasteiger partial charge in [0.1, 0.15) is 6.61 Å². The molecule has 1 saturated heterocycles. The van der Waals surface area contributed by atoms with E-state index in [2.05, 4.69) is 0 Å². The summed E-state index contributed by atoms with van der Waals surface area (Å²) in [5, 5.41) is 8.79. The van der Waals surface area contributed by atoms with E-state index >= 15 is 0 Å². The standard InChI is InChI=1S/C9H17NO3/c1-13-7-9(12)10-5-2-3-8(10)4-6-11/h8,11H,2-7H2,1H3/t8-/m0/s1. The van der Waals surface area contributed by atoms with Crippen LogP contribution in [0.5, 0.6) is 0 Å². The number of aliphatic hydroxyl groups is 1. The SMILES string of the molecule is COCC(=O)N1CCC[C@H]1CCO. The van der Waals surface area contributed by atoms with Gasteiger partial charge in [0.15, 0.2) is 0 Å². The normalized spacial score (nSPS) is 22.3. The molecule has 0 aliphatic carbocycles. The number of hydrogen-bond acceptors (Lipinski definition) is 3. The van der Waals surface area contributed by atoms with E-state index in [9.17, 15) is 4.79 Å². The molecule has 13 heavy (non-hydrogen) atoms. The average molecular weight is 187 g/mol. The molecular weight excluding hydrogens is 170 g/mol. The fourth-order valence-corrected chi connectivity index (χ4v) is 1.82. The zero-order chi connectivity index (χ0) is 9.68. The third-order valence-electron chi connectivity index (χ3n) is 2.43. The van der Waals surface area contributed by atoms with Crippen molar-refractivity contribution in [2.24, 2.45) is 0 Å². The van der Waals surface area contributed by atoms with Gasteiger partial charge in [0, 0.05) is 26.3 Å². The van der Waals surface area contributed by atoms with Crippen LogP contribution in [0.15, 0.2) is 0 Å². The predicted octanol–water partition coefficient (Wildman–Crippen LogP) is 0.00620. The van der Waals surface area contributed by atoms with E-state index in [4.69, 9.17) is 9.84 Å². The van der Waals surface area contributed by atoms with Gasteiger partial charge in [0.2, 0.25) is 5.91 Å². The highest BCUT2D eigenvalue weighted by atomic mass is 16.5. The van der Waals surface area contributed by atoms with Crippen molar-refractivity contribution in [3.05, 3.63) is 0 Å². The van der Waals surface area contributed by atoms with Crippen molar-refractivity contribution in [1.82, 2.24) is 4.90 Å². The van der Waals surface area contributed by atoms with Crippen molar-refractivity contribution in [3.8, 4) is 0 Å². The first-order valence-electron chi connectivity index (χ1n) is 4.69. The summed E-state index contributed by atoms with van der Waals surface area (Å²) in [6.07, 6.45) is 2.74. The van der Waals surface area contributed by atoms with E-state index in [0.29, 0.717) is 6.42 Å². The molecule has 1 fully saturated rings. The second-order valence-electron chi connectivity index (χ2n) is 3.33. The first kappa shape index (κ1) is 10.5. The Labute approximate surface area is 78.5 Å². The first-order valence-corrected chi connectivity index (χ1v) is 4.69. The highest BCUT2D eigenvalue weighted by Gasteiger charge is 2.27. The summed E-state index contributed by atoms with van der Waals surface area (Å²) in [5.41, 5.74) is 0. The predicted molar refractivity (Wildman–Crippen MR) is 48.3 cm³/mol. The van der Waals surface area contributed by atoms with Crippen LogP contribution < -0.4 is 0 Å². The topological polar surface area (TPSA) is 49.8 Å². The lowest BCUT2D eigenvalue weighted by molar-refractivity contribution is -0.136. The Balaban J connectivity index is 2.42. The van der Waals surface area contributed by atoms with Crippen molar-refractivity contribution >= 4 is 5.91 Å². The molecule has 1 aliphatic rings. The fourth-order valence-electron chi connectivity index (χ4n) is 1.82. The number of methoxy groups -OCH3 is 1. The highest BCUT2D eigenvalue weighted by Crippen LogP contribution is 2.19. The Kier molecular flexibility index (Phi) is 4.18. The van der Waals surface area contributed by atoms with Gasteiger partial charge < -0.3 is 14.7 Å². The van der Waals surface area contributed by atoms with Crippen LogP contribution in [0.1, 0.15) is 19.3 Å². The maximum atomic E-state index is 11.4. The summed E-state index contributed by atoms with van der Waals surface area (Å²) in [4.78, 5) is 13.3. The molecule has 0 aromatic carbocycles. The van der Waals surface area contributed by atoms with Gasteiger partial charge in [-0.2, -0.15) is 0 Å². The smallest absolute Gasteiger partial charge is 0.248 e. The zero-order valence-corrected chi connectivity index (χ0v) is 8.03. The average Bonchev–Trinajstić information content (AvgIpc) is 2.54. The van der Waals surface area contributed by atoms with E-state index in [1.807, 2.05) is 4.90 Å². The van der Waals surface area contributed by atoms with Crippen LogP contribution in [0.3, 0.4) is 0 Å². The minimum Gasteiger partial charge on any atom is -0.396 e. The van der Waals surface area contributed by atoms with Gasteiger partial charge in [0.05, 0.1) is 0 Å². The highest BCUT2D eigenvalue weighted by molar-refractivity contribution is 5.78. The molecule has 0 aromatic rings. The number of carbonyl (C=O) groups excluding carboxylic acids is 1. The molecule has 1 heterocycles. The lowest BCUT2D eigenvalue weighted by Gasteiger charge is -2.23. The molecule has 1 amide bonds. The number of rotatable bonds is 4. The molecule has 1 aliphatic heterocycles. The minimum absolute atomic E-state index is 0.0402. The molecule has 4 heteroatoms. The molecule has 1 N–H and O–H groups in total. The van der Waals surface area contributed by atoms with E-state index < -0.39 is 0 Å². The van der Waals surface area contributed by atoms with Crippen LogP contribution in [-0.4, -0.2) is 48.8 Å². The van der Waals surface area contributed by atoms with Gasteiger partial charge in [-0.25, -0.2) is 0 Å². The largest absolute Gasteiger partial charge is 0.396 e. The summed E-state index contributed by atoms with van der Waals surface area (Å²) < 4.78 is 4.79. The van der Waals surface area contributed by atoms with Crippen molar-refractivity contribution in [2.45, 2.75) is 25.3 Å². The maximum absolute atomic E-state index is 11.4. The monoisotopic (exact) mass is 187 g/mol. The first-order chi connectivity index (χ1) is 6.29. The Hall–Kier alpha value is -0.610. The molecule has 0 saturated carbocycles. The van der Waals surface area contributed by atoms with E-state index in [0.717, 1.165) is 19.4 Å². The van der Waals surface area contributed by atoms with Gasteiger partial charge in [0.25, 0.3) is 0 Å². The fraction of sp³-hybridized carbons (Fsp3) is 0.889. The van der Waals surface area contributed by atoms with Crippen LogP contribution in [0.25, 0.3) is 0 Å². The number of nitrogens with zero attached hydrogens (tertiary/aromatic N) is 1. The van der Waals surface area contributed by atoms with Gasteiger partial charge >= 0.3 is 0 Å². The summed E-state index contributed by atoms with van der Waals surface area (Å²) in [6.45, 7) is 1.12. The molecule has 0 unspecified atom stereocenters. The molecule has 0 aromatic heterocycles. The molecule has 0 bridgehead atoms. The number of amides is 1. The molecule has 4 nitrogen and oxygen atoms in total. The van der Waals surface area contributed by atoms with Crippen LogP contribution in [0.4, 0.5) is 0 Å². The Morgan fingerprint density at radius 2 is 2.46 bits per heavy atom. The van der Waals surface area contributed by atoms with Crippen LogP contribution >= 0.6 is 0 Å². The van der Waals surface area contributed by atoms with Gasteiger partial charge in [-0.15, -0.1) is 0 Å². The lowest BCUT2D eigenvalue weighted by atomic mass is 10.1. The number of aliphatic hydroxyl groups excluding tert-OH is 1. The van der Waals surface area contributed by atoms with Crippen molar-refractivity contribution < 1.29 is 14.6 Å². The quantitative estimate of drug-likeness (QED) is 0.674. The zero-order valence-electron chi connectivity index (χ0n) is 8.03. The molecule has 0 radical (unpaired) electrons. The van der Waals surface area contributed by atoms with Gasteiger partial charge in [-0.1, -0.05) is 0 Å².